The third kappa shape index (κ3) is 2.00. The number of H-pyrrole nitrogens is 2. The molecule has 0 aliphatic carbocycles. The van der Waals surface area contributed by atoms with Crippen molar-refractivity contribution in [3.8, 4) is 22.5 Å². The van der Waals surface area contributed by atoms with Gasteiger partial charge in [-0.3, -0.25) is 4.98 Å². The van der Waals surface area contributed by atoms with Crippen molar-refractivity contribution in [2.75, 3.05) is 0 Å². The summed E-state index contributed by atoms with van der Waals surface area (Å²) in [6, 6.07) is 9.86. The van der Waals surface area contributed by atoms with Gasteiger partial charge in [-0.25, -0.2) is 4.98 Å². The van der Waals surface area contributed by atoms with Gasteiger partial charge in [-0.15, -0.1) is 0 Å². The summed E-state index contributed by atoms with van der Waals surface area (Å²) in [6.45, 7) is 0. The molecule has 102 valence electrons. The van der Waals surface area contributed by atoms with Crippen LogP contribution in [0.1, 0.15) is 0 Å². The van der Waals surface area contributed by atoms with Gasteiger partial charge in [-0.1, -0.05) is 17.7 Å². The summed E-state index contributed by atoms with van der Waals surface area (Å²) >= 11 is 6.11. The molecule has 21 heavy (non-hydrogen) atoms. The van der Waals surface area contributed by atoms with Gasteiger partial charge in [0.25, 0.3) is 0 Å². The topological polar surface area (TPSA) is 57.4 Å². The molecule has 0 aromatic carbocycles. The smallest absolute Gasteiger partial charge is 0.138 e. The molecule has 0 atom stereocenters. The molecular formula is C16H11ClN4. The third-order valence-electron chi connectivity index (χ3n) is 3.43. The number of nitrogens with zero attached hydrogens (tertiary/aromatic N) is 2. The predicted molar refractivity (Wildman–Crippen MR) is 84.1 cm³/mol. The Morgan fingerprint density at radius 1 is 1.10 bits per heavy atom. The monoisotopic (exact) mass is 294 g/mol. The lowest BCUT2D eigenvalue weighted by Crippen LogP contribution is -1.83. The summed E-state index contributed by atoms with van der Waals surface area (Å²) in [4.78, 5) is 15.2. The van der Waals surface area contributed by atoms with Crippen LogP contribution in [0.3, 0.4) is 0 Å². The predicted octanol–water partition coefficient (Wildman–Crippen LogP) is 4.27. The van der Waals surface area contributed by atoms with Gasteiger partial charge in [-0.05, 0) is 24.3 Å². The van der Waals surface area contributed by atoms with Crippen LogP contribution < -0.4 is 0 Å². The van der Waals surface area contributed by atoms with Crippen molar-refractivity contribution in [2.24, 2.45) is 0 Å². The minimum Gasteiger partial charge on any atom is -0.360 e. The van der Waals surface area contributed by atoms with Crippen molar-refractivity contribution in [1.82, 2.24) is 19.9 Å². The average Bonchev–Trinajstić information content (AvgIpc) is 3.14. The Morgan fingerprint density at radius 2 is 2.05 bits per heavy atom. The van der Waals surface area contributed by atoms with Gasteiger partial charge in [0.2, 0.25) is 0 Å². The fourth-order valence-electron chi connectivity index (χ4n) is 2.54. The maximum atomic E-state index is 6.11. The maximum absolute atomic E-state index is 6.11. The Labute approximate surface area is 125 Å². The van der Waals surface area contributed by atoms with Crippen LogP contribution in [0.2, 0.25) is 5.02 Å². The van der Waals surface area contributed by atoms with Crippen LogP contribution in [0.5, 0.6) is 0 Å². The molecule has 0 aliphatic rings. The first-order valence-corrected chi connectivity index (χ1v) is 6.92. The van der Waals surface area contributed by atoms with Gasteiger partial charge in [0, 0.05) is 41.3 Å². The Kier molecular flexibility index (Phi) is 2.75. The molecule has 0 saturated carbocycles. The fourth-order valence-corrected chi connectivity index (χ4v) is 2.70. The minimum atomic E-state index is 0.615. The standard InChI is InChI=1S/C16H11ClN4/c17-11-7-12-14(10-3-1-5-18-8-10)15(13-4-2-6-19-13)21-16(12)20-9-11/h1-9,19H,(H,20,21). The third-order valence-corrected chi connectivity index (χ3v) is 3.64. The van der Waals surface area contributed by atoms with E-state index in [2.05, 4.69) is 19.9 Å². The van der Waals surface area contributed by atoms with E-state index in [9.17, 15) is 0 Å². The largest absolute Gasteiger partial charge is 0.360 e. The second-order valence-electron chi connectivity index (χ2n) is 4.75. The molecule has 4 aromatic heterocycles. The molecule has 4 rings (SSSR count). The van der Waals surface area contributed by atoms with E-state index in [1.807, 2.05) is 42.7 Å². The van der Waals surface area contributed by atoms with Crippen molar-refractivity contribution in [1.29, 1.82) is 0 Å². The van der Waals surface area contributed by atoms with Gasteiger partial charge in [-0.2, -0.15) is 0 Å². The summed E-state index contributed by atoms with van der Waals surface area (Å²) in [5.74, 6) is 0. The SMILES string of the molecule is Clc1cnc2[nH]c(-c3ccc[nH]3)c(-c3cccnc3)c2c1. The van der Waals surface area contributed by atoms with E-state index < -0.39 is 0 Å². The highest BCUT2D eigenvalue weighted by Crippen LogP contribution is 2.37. The van der Waals surface area contributed by atoms with Crippen LogP contribution >= 0.6 is 11.6 Å². The highest BCUT2D eigenvalue weighted by atomic mass is 35.5. The Bertz CT molecular complexity index is 895. The molecular weight excluding hydrogens is 284 g/mol. The molecule has 4 nitrogen and oxygen atoms in total. The van der Waals surface area contributed by atoms with Crippen molar-refractivity contribution in [3.63, 3.8) is 0 Å². The first-order valence-electron chi connectivity index (χ1n) is 6.54. The normalized spacial score (nSPS) is 11.1. The number of rotatable bonds is 2. The average molecular weight is 295 g/mol. The van der Waals surface area contributed by atoms with E-state index in [1.165, 1.54) is 0 Å². The molecule has 0 bridgehead atoms. The van der Waals surface area contributed by atoms with Crippen molar-refractivity contribution in [3.05, 3.63) is 60.1 Å². The molecule has 2 N–H and O–H groups in total. The summed E-state index contributed by atoms with van der Waals surface area (Å²) < 4.78 is 0. The van der Waals surface area contributed by atoms with Crippen molar-refractivity contribution >= 4 is 22.6 Å². The van der Waals surface area contributed by atoms with Crippen LogP contribution in [-0.4, -0.2) is 19.9 Å². The van der Waals surface area contributed by atoms with Crippen molar-refractivity contribution in [2.45, 2.75) is 0 Å². The van der Waals surface area contributed by atoms with E-state index >= 15 is 0 Å². The van der Waals surface area contributed by atoms with E-state index in [1.54, 1.807) is 12.4 Å². The number of halogens is 1. The molecule has 0 spiro atoms. The summed E-state index contributed by atoms with van der Waals surface area (Å²) in [5, 5.41) is 1.60. The van der Waals surface area contributed by atoms with Crippen LogP contribution in [0.25, 0.3) is 33.5 Å². The van der Waals surface area contributed by atoms with E-state index in [4.69, 9.17) is 11.6 Å². The van der Waals surface area contributed by atoms with Crippen molar-refractivity contribution < 1.29 is 0 Å². The lowest BCUT2D eigenvalue weighted by Gasteiger charge is -2.03. The lowest BCUT2D eigenvalue weighted by atomic mass is 10.0. The number of fused-ring (bicyclic) bond motifs is 1. The fraction of sp³-hybridized carbons (Fsp3) is 0. The Balaban J connectivity index is 2.09. The number of hydrogen-bond acceptors (Lipinski definition) is 2. The molecule has 5 heteroatoms. The maximum Gasteiger partial charge on any atom is 0.138 e. The zero-order valence-electron chi connectivity index (χ0n) is 11.0. The van der Waals surface area contributed by atoms with E-state index in [0.29, 0.717) is 5.02 Å². The molecule has 0 radical (unpaired) electrons. The first-order chi connectivity index (χ1) is 10.3. The zero-order chi connectivity index (χ0) is 14.2. The van der Waals surface area contributed by atoms with E-state index in [-0.39, 0.29) is 0 Å². The molecule has 0 aliphatic heterocycles. The quantitative estimate of drug-likeness (QED) is 0.580. The van der Waals surface area contributed by atoms with Crippen LogP contribution in [-0.2, 0) is 0 Å². The molecule has 0 saturated heterocycles. The number of hydrogen-bond donors (Lipinski definition) is 2. The Morgan fingerprint density at radius 3 is 2.81 bits per heavy atom. The summed E-state index contributed by atoms with van der Waals surface area (Å²) in [5.41, 5.74) is 4.87. The van der Waals surface area contributed by atoms with Gasteiger partial charge in [0.05, 0.1) is 16.4 Å². The molecule has 0 unspecified atom stereocenters. The van der Waals surface area contributed by atoms with Crippen LogP contribution in [0, 0.1) is 0 Å². The number of aromatic nitrogens is 4. The Hall–Kier alpha value is -2.59. The van der Waals surface area contributed by atoms with E-state index in [0.717, 1.165) is 33.5 Å². The number of aromatic amines is 2. The van der Waals surface area contributed by atoms with Gasteiger partial charge >= 0.3 is 0 Å². The summed E-state index contributed by atoms with van der Waals surface area (Å²) in [6.07, 6.45) is 7.15. The minimum absolute atomic E-state index is 0.615. The molecule has 0 fully saturated rings. The highest BCUT2D eigenvalue weighted by molar-refractivity contribution is 6.31. The van der Waals surface area contributed by atoms with Crippen LogP contribution in [0.15, 0.2) is 55.1 Å². The zero-order valence-corrected chi connectivity index (χ0v) is 11.7. The number of nitrogens with one attached hydrogen (secondary N) is 2. The summed E-state index contributed by atoms with van der Waals surface area (Å²) in [7, 11) is 0. The van der Waals surface area contributed by atoms with Crippen LogP contribution in [0.4, 0.5) is 0 Å². The molecule has 0 amide bonds. The molecule has 4 aromatic rings. The lowest BCUT2D eigenvalue weighted by molar-refractivity contribution is 1.29. The van der Waals surface area contributed by atoms with Gasteiger partial charge in [0.15, 0.2) is 0 Å². The number of pyridine rings is 2. The first kappa shape index (κ1) is 12.2. The molecule has 4 heterocycles. The van der Waals surface area contributed by atoms with Gasteiger partial charge in [0.1, 0.15) is 5.65 Å². The second kappa shape index (κ2) is 4.75. The highest BCUT2D eigenvalue weighted by Gasteiger charge is 2.16. The van der Waals surface area contributed by atoms with Gasteiger partial charge < -0.3 is 9.97 Å². The second-order valence-corrected chi connectivity index (χ2v) is 5.19.